The predicted octanol–water partition coefficient (Wildman–Crippen LogP) is 4.76. The molecule has 41 heavy (non-hydrogen) atoms. The van der Waals surface area contributed by atoms with Crippen molar-refractivity contribution in [3.8, 4) is 0 Å². The molecule has 2 rings (SSSR count). The average molecular weight is 611 g/mol. The molecule has 2 aliphatic rings. The van der Waals surface area contributed by atoms with Crippen molar-refractivity contribution in [2.24, 2.45) is 23.3 Å². The van der Waals surface area contributed by atoms with E-state index in [2.05, 4.69) is 26.2 Å². The maximum Gasteiger partial charge on any atom is 0.233 e. The van der Waals surface area contributed by atoms with Crippen LogP contribution in [-0.2, 0) is 23.3 Å². The quantitative estimate of drug-likeness (QED) is 0.169. The Morgan fingerprint density at radius 2 is 1.02 bits per heavy atom. The van der Waals surface area contributed by atoms with E-state index in [-0.39, 0.29) is 59.6 Å². The van der Waals surface area contributed by atoms with Gasteiger partial charge >= 0.3 is 0 Å². The molecule has 0 aromatic heterocycles. The highest BCUT2D eigenvalue weighted by Crippen LogP contribution is 2.32. The van der Waals surface area contributed by atoms with Crippen LogP contribution in [0.5, 0.6) is 0 Å². The Morgan fingerprint density at radius 1 is 0.683 bits per heavy atom. The van der Waals surface area contributed by atoms with Gasteiger partial charge in [-0.3, -0.25) is 29.0 Å². The van der Waals surface area contributed by atoms with Crippen LogP contribution in [0.2, 0.25) is 38.3 Å². The minimum absolute atomic E-state index is 0.0240. The molecule has 9 nitrogen and oxygen atoms in total. The van der Waals surface area contributed by atoms with Crippen LogP contribution in [-0.4, -0.2) is 74.2 Å². The third-order valence-electron chi connectivity index (χ3n) is 8.73. The molecular weight excluding hydrogens is 553 g/mol. The van der Waals surface area contributed by atoms with Gasteiger partial charge in [0, 0.05) is 48.8 Å². The second kappa shape index (κ2) is 15.4. The van der Waals surface area contributed by atoms with Gasteiger partial charge < -0.3 is 15.6 Å². The van der Waals surface area contributed by atoms with Crippen molar-refractivity contribution in [2.75, 3.05) is 0 Å². The summed E-state index contributed by atoms with van der Waals surface area (Å²) in [4.78, 5) is 54.1. The Labute approximate surface area is 250 Å². The highest BCUT2D eigenvalue weighted by atomic mass is 28.4. The normalized spacial score (nSPS) is 23.5. The molecule has 0 radical (unpaired) electrons. The Morgan fingerprint density at radius 3 is 1.34 bits per heavy atom. The van der Waals surface area contributed by atoms with Gasteiger partial charge in [-0.25, -0.2) is 0 Å². The standard InChI is InChI=1S/C30H58N4O5Si2/c1-21(31)13-15-23(3)33-27(35)19-25(29(33)37)11-9-17-40(5,6)39-41(7,8)18-10-12-26-20-28(36)34(30(26)38)24(4)16-14-22(2)32/h21-26H,9-20,31-32H2,1-8H3. The molecule has 0 spiro atoms. The molecule has 4 N–H and O–H groups in total. The molecule has 4 amide bonds. The van der Waals surface area contributed by atoms with E-state index < -0.39 is 16.6 Å². The molecule has 2 fully saturated rings. The monoisotopic (exact) mass is 610 g/mol. The first-order chi connectivity index (χ1) is 18.9. The number of imide groups is 2. The molecule has 2 heterocycles. The molecular formula is C30H58N4O5Si2. The highest BCUT2D eigenvalue weighted by molar-refractivity contribution is 6.84. The van der Waals surface area contributed by atoms with Crippen LogP contribution in [0.3, 0.4) is 0 Å². The Bertz CT molecular complexity index is 855. The summed E-state index contributed by atoms with van der Waals surface area (Å²) in [6, 6.07) is 1.82. The van der Waals surface area contributed by atoms with E-state index in [1.54, 1.807) is 0 Å². The molecule has 0 aromatic rings. The fourth-order valence-electron chi connectivity index (χ4n) is 6.47. The molecule has 236 valence electrons. The average Bonchev–Trinajstić information content (AvgIpc) is 3.28. The SMILES string of the molecule is CC(N)CCC(C)N1C(=O)CC(CCC[Si](C)(C)O[Si](C)(C)CCCC2CC(=O)N(C(C)CCC(C)N)C2=O)C1=O. The summed E-state index contributed by atoms with van der Waals surface area (Å²) in [7, 11) is -3.93. The predicted molar refractivity (Wildman–Crippen MR) is 169 cm³/mol. The Hall–Kier alpha value is -1.41. The topological polar surface area (TPSA) is 136 Å². The number of likely N-dealkylation sites (tertiary alicyclic amines) is 2. The number of amides is 4. The first-order valence-corrected chi connectivity index (χ1v) is 22.1. The van der Waals surface area contributed by atoms with Crippen molar-refractivity contribution >= 4 is 40.3 Å². The second-order valence-corrected chi connectivity index (χ2v) is 23.1. The third-order valence-corrected chi connectivity index (χ3v) is 16.3. The van der Waals surface area contributed by atoms with E-state index in [0.29, 0.717) is 12.8 Å². The van der Waals surface area contributed by atoms with Gasteiger partial charge in [-0.05, 0) is 104 Å². The first-order valence-electron chi connectivity index (χ1n) is 15.9. The Kier molecular flexibility index (Phi) is 13.4. The van der Waals surface area contributed by atoms with Gasteiger partial charge in [-0.1, -0.05) is 12.8 Å². The summed E-state index contributed by atoms with van der Waals surface area (Å²) in [6.45, 7) is 16.7. The summed E-state index contributed by atoms with van der Waals surface area (Å²) in [5, 5.41) is 0. The van der Waals surface area contributed by atoms with Crippen LogP contribution < -0.4 is 11.5 Å². The van der Waals surface area contributed by atoms with Crippen LogP contribution in [0.15, 0.2) is 0 Å². The number of hydrogen-bond donors (Lipinski definition) is 2. The summed E-state index contributed by atoms with van der Waals surface area (Å²) in [5.74, 6) is -0.591. The van der Waals surface area contributed by atoms with Crippen molar-refractivity contribution < 1.29 is 23.3 Å². The summed E-state index contributed by atoms with van der Waals surface area (Å²) in [5.41, 5.74) is 11.7. The molecule has 2 saturated heterocycles. The minimum Gasteiger partial charge on any atom is -0.455 e. The largest absolute Gasteiger partial charge is 0.455 e. The number of nitrogens with two attached hydrogens (primary N) is 2. The molecule has 6 unspecified atom stereocenters. The van der Waals surface area contributed by atoms with Crippen molar-refractivity contribution in [1.82, 2.24) is 9.80 Å². The third kappa shape index (κ3) is 11.0. The van der Waals surface area contributed by atoms with Crippen LogP contribution >= 0.6 is 0 Å². The zero-order valence-electron chi connectivity index (χ0n) is 27.0. The second-order valence-electron chi connectivity index (χ2n) is 14.2. The lowest BCUT2D eigenvalue weighted by Crippen LogP contribution is -2.44. The number of hydrogen-bond acceptors (Lipinski definition) is 7. The van der Waals surface area contributed by atoms with Crippen LogP contribution in [0.25, 0.3) is 0 Å². The highest BCUT2D eigenvalue weighted by Gasteiger charge is 2.42. The van der Waals surface area contributed by atoms with Crippen molar-refractivity contribution in [3.63, 3.8) is 0 Å². The first kappa shape index (κ1) is 35.8. The maximum atomic E-state index is 13.0. The maximum absolute atomic E-state index is 13.0. The van der Waals surface area contributed by atoms with Gasteiger partial charge in [0.25, 0.3) is 0 Å². The van der Waals surface area contributed by atoms with Crippen LogP contribution in [0.4, 0.5) is 0 Å². The van der Waals surface area contributed by atoms with E-state index in [4.69, 9.17) is 15.6 Å². The summed E-state index contributed by atoms with van der Waals surface area (Å²) >= 11 is 0. The fraction of sp³-hybridized carbons (Fsp3) is 0.867. The van der Waals surface area contributed by atoms with Gasteiger partial charge in [-0.15, -0.1) is 0 Å². The van der Waals surface area contributed by atoms with Crippen LogP contribution in [0, 0.1) is 11.8 Å². The van der Waals surface area contributed by atoms with E-state index in [1.807, 2.05) is 27.7 Å². The molecule has 0 aromatic carbocycles. The van der Waals surface area contributed by atoms with E-state index in [0.717, 1.165) is 63.5 Å². The van der Waals surface area contributed by atoms with Crippen molar-refractivity contribution in [1.29, 1.82) is 0 Å². The van der Waals surface area contributed by atoms with Crippen molar-refractivity contribution in [2.45, 2.75) is 154 Å². The van der Waals surface area contributed by atoms with E-state index in [9.17, 15) is 19.2 Å². The van der Waals surface area contributed by atoms with Crippen molar-refractivity contribution in [3.05, 3.63) is 0 Å². The van der Waals surface area contributed by atoms with Crippen LogP contribution in [0.1, 0.15) is 91.9 Å². The molecule has 6 atom stereocenters. The lowest BCUT2D eigenvalue weighted by molar-refractivity contribution is -0.143. The number of rotatable bonds is 18. The summed E-state index contributed by atoms with van der Waals surface area (Å²) in [6.07, 6.45) is 6.90. The Balaban J connectivity index is 1.77. The zero-order chi connectivity index (χ0) is 31.1. The molecule has 0 aliphatic carbocycles. The smallest absolute Gasteiger partial charge is 0.233 e. The van der Waals surface area contributed by atoms with Gasteiger partial charge in [0.2, 0.25) is 23.6 Å². The number of carbonyl (C=O) groups is 4. The minimum atomic E-state index is -1.97. The van der Waals surface area contributed by atoms with E-state index >= 15 is 0 Å². The van der Waals surface area contributed by atoms with Gasteiger partial charge in [-0.2, -0.15) is 0 Å². The van der Waals surface area contributed by atoms with E-state index in [1.165, 1.54) is 9.80 Å². The fourth-order valence-corrected chi connectivity index (χ4v) is 15.4. The molecule has 0 saturated carbocycles. The molecule has 2 aliphatic heterocycles. The molecule has 11 heteroatoms. The zero-order valence-corrected chi connectivity index (χ0v) is 29.0. The number of nitrogens with zero attached hydrogens (tertiary/aromatic N) is 2. The number of carbonyl (C=O) groups excluding carboxylic acids is 4. The van der Waals surface area contributed by atoms with Gasteiger partial charge in [0.05, 0.1) is 0 Å². The van der Waals surface area contributed by atoms with Gasteiger partial charge in [0.1, 0.15) is 0 Å². The summed E-state index contributed by atoms with van der Waals surface area (Å²) < 4.78 is 6.81. The van der Waals surface area contributed by atoms with Gasteiger partial charge in [0.15, 0.2) is 16.6 Å². The lowest BCUT2D eigenvalue weighted by atomic mass is 10.0. The molecule has 0 bridgehead atoms. The lowest BCUT2D eigenvalue weighted by Gasteiger charge is -2.34.